The minimum absolute atomic E-state index is 0.253. The average molecular weight is 289 g/mol. The van der Waals surface area contributed by atoms with Crippen molar-refractivity contribution in [2.45, 2.75) is 0 Å². The summed E-state index contributed by atoms with van der Waals surface area (Å²) in [6.07, 6.45) is 0. The molecule has 0 atom stereocenters. The maximum atomic E-state index is 12.0. The molecule has 0 spiro atoms. The fraction of sp³-hybridized carbons (Fsp3) is 0.333. The minimum Gasteiger partial charge on any atom is -0.383 e. The maximum absolute atomic E-state index is 12.0. The van der Waals surface area contributed by atoms with Gasteiger partial charge in [-0.05, 0) is 17.5 Å². The molecule has 1 heterocycles. The van der Waals surface area contributed by atoms with Crippen molar-refractivity contribution in [2.24, 2.45) is 0 Å². The number of carbonyl (C=O) groups excluding carboxylic acids is 1. The lowest BCUT2D eigenvalue weighted by molar-refractivity contribution is 0.0948. The second kappa shape index (κ2) is 7.56. The number of carbonyl (C=O) groups is 1. The smallest absolute Gasteiger partial charge is 0.267 e. The number of amides is 1. The number of hydrogen-bond acceptors (Lipinski definition) is 4. The Hall–Kier alpha value is -2.18. The van der Waals surface area contributed by atoms with Crippen LogP contribution in [0.3, 0.4) is 0 Å². The molecule has 1 aromatic heterocycles. The predicted molar refractivity (Wildman–Crippen MR) is 81.6 cm³/mol. The second-order valence-electron chi connectivity index (χ2n) is 4.60. The van der Waals surface area contributed by atoms with E-state index in [4.69, 9.17) is 4.74 Å². The van der Waals surface area contributed by atoms with Crippen LogP contribution in [-0.2, 0) is 4.74 Å². The van der Waals surface area contributed by atoms with Gasteiger partial charge in [-0.1, -0.05) is 18.2 Å². The molecule has 0 unspecified atom stereocenters. The molecule has 1 amide bonds. The Labute approximate surface area is 122 Å². The Kier molecular flexibility index (Phi) is 5.48. The van der Waals surface area contributed by atoms with Crippen molar-refractivity contribution in [1.82, 2.24) is 15.6 Å². The number of aromatic nitrogens is 1. The van der Waals surface area contributed by atoms with Crippen molar-refractivity contribution in [3.05, 3.63) is 46.4 Å². The van der Waals surface area contributed by atoms with E-state index in [-0.39, 0.29) is 17.2 Å². The van der Waals surface area contributed by atoms with Gasteiger partial charge >= 0.3 is 0 Å². The second-order valence-corrected chi connectivity index (χ2v) is 4.60. The zero-order valence-electron chi connectivity index (χ0n) is 11.9. The Balaban J connectivity index is 1.95. The molecule has 1 aromatic carbocycles. The van der Waals surface area contributed by atoms with Gasteiger partial charge in [0.05, 0.1) is 6.61 Å². The van der Waals surface area contributed by atoms with Crippen LogP contribution in [0, 0.1) is 0 Å². The molecular weight excluding hydrogens is 270 g/mol. The zero-order chi connectivity index (χ0) is 15.1. The quantitative estimate of drug-likeness (QED) is 0.648. The highest BCUT2D eigenvalue weighted by atomic mass is 16.5. The Morgan fingerprint density at radius 3 is 2.86 bits per heavy atom. The topological polar surface area (TPSA) is 83.2 Å². The molecule has 0 saturated carbocycles. The lowest BCUT2D eigenvalue weighted by atomic mass is 10.1. The monoisotopic (exact) mass is 289 g/mol. The van der Waals surface area contributed by atoms with Gasteiger partial charge in [0.25, 0.3) is 11.5 Å². The molecule has 2 rings (SSSR count). The molecule has 6 heteroatoms. The molecule has 0 saturated heterocycles. The van der Waals surface area contributed by atoms with Crippen molar-refractivity contribution in [1.29, 1.82) is 0 Å². The van der Waals surface area contributed by atoms with Crippen LogP contribution in [-0.4, -0.2) is 44.2 Å². The highest BCUT2D eigenvalue weighted by Gasteiger charge is 2.08. The van der Waals surface area contributed by atoms with Crippen molar-refractivity contribution >= 4 is 16.7 Å². The third-order valence-corrected chi connectivity index (χ3v) is 3.07. The van der Waals surface area contributed by atoms with E-state index in [0.29, 0.717) is 25.1 Å². The van der Waals surface area contributed by atoms with Gasteiger partial charge in [-0.3, -0.25) is 9.59 Å². The predicted octanol–water partition coefficient (Wildman–Crippen LogP) is 0.494. The highest BCUT2D eigenvalue weighted by Crippen LogP contribution is 2.09. The molecule has 2 aromatic rings. The van der Waals surface area contributed by atoms with Gasteiger partial charge in [0, 0.05) is 32.1 Å². The molecular formula is C15H19N3O3. The van der Waals surface area contributed by atoms with E-state index in [2.05, 4.69) is 15.6 Å². The normalized spacial score (nSPS) is 10.7. The van der Waals surface area contributed by atoms with Crippen LogP contribution in [0.15, 0.2) is 35.1 Å². The van der Waals surface area contributed by atoms with E-state index in [1.807, 2.05) is 12.1 Å². The largest absolute Gasteiger partial charge is 0.383 e. The van der Waals surface area contributed by atoms with Crippen LogP contribution in [0.5, 0.6) is 0 Å². The summed E-state index contributed by atoms with van der Waals surface area (Å²) in [5, 5.41) is 7.21. The fourth-order valence-electron chi connectivity index (χ4n) is 1.99. The van der Waals surface area contributed by atoms with Crippen LogP contribution >= 0.6 is 0 Å². The Bertz CT molecular complexity index is 667. The number of benzene rings is 1. The number of rotatable bonds is 7. The summed E-state index contributed by atoms with van der Waals surface area (Å²) in [4.78, 5) is 26.5. The van der Waals surface area contributed by atoms with Crippen LogP contribution in [0.2, 0.25) is 0 Å². The fourth-order valence-corrected chi connectivity index (χ4v) is 1.99. The van der Waals surface area contributed by atoms with Crippen LogP contribution in [0.4, 0.5) is 0 Å². The molecule has 0 aliphatic carbocycles. The van der Waals surface area contributed by atoms with Gasteiger partial charge in [0.2, 0.25) is 0 Å². The summed E-state index contributed by atoms with van der Waals surface area (Å²) in [6, 6.07) is 8.86. The maximum Gasteiger partial charge on any atom is 0.267 e. The summed E-state index contributed by atoms with van der Waals surface area (Å²) < 4.78 is 4.90. The van der Waals surface area contributed by atoms with Gasteiger partial charge in [0.1, 0.15) is 5.69 Å². The van der Waals surface area contributed by atoms with Gasteiger partial charge < -0.3 is 20.4 Å². The minimum atomic E-state index is -0.286. The first-order chi connectivity index (χ1) is 10.2. The van der Waals surface area contributed by atoms with Gasteiger partial charge in [0.15, 0.2) is 0 Å². The van der Waals surface area contributed by atoms with E-state index in [9.17, 15) is 9.59 Å². The SMILES string of the molecule is COCCNCCNC(=O)c1cc2ccccc2c(=O)[nH]1. The Morgan fingerprint density at radius 2 is 2.05 bits per heavy atom. The highest BCUT2D eigenvalue weighted by molar-refractivity contribution is 5.96. The summed E-state index contributed by atoms with van der Waals surface area (Å²) in [5.74, 6) is -0.286. The number of nitrogens with one attached hydrogen (secondary N) is 3. The molecule has 21 heavy (non-hydrogen) atoms. The third-order valence-electron chi connectivity index (χ3n) is 3.07. The summed E-state index contributed by atoms with van der Waals surface area (Å²) >= 11 is 0. The summed E-state index contributed by atoms with van der Waals surface area (Å²) in [5.41, 5.74) is 0.0204. The summed E-state index contributed by atoms with van der Waals surface area (Å²) in [7, 11) is 1.64. The zero-order valence-corrected chi connectivity index (χ0v) is 11.9. The van der Waals surface area contributed by atoms with Gasteiger partial charge in [-0.25, -0.2) is 0 Å². The van der Waals surface area contributed by atoms with Gasteiger partial charge in [-0.15, -0.1) is 0 Å². The third kappa shape index (κ3) is 4.14. The Morgan fingerprint density at radius 1 is 1.24 bits per heavy atom. The number of pyridine rings is 1. The van der Waals surface area contributed by atoms with E-state index in [1.165, 1.54) is 0 Å². The number of ether oxygens (including phenoxy) is 1. The molecule has 0 aliphatic rings. The van der Waals surface area contributed by atoms with Crippen molar-refractivity contribution < 1.29 is 9.53 Å². The molecule has 0 aliphatic heterocycles. The number of H-pyrrole nitrogens is 1. The molecule has 0 fully saturated rings. The molecule has 3 N–H and O–H groups in total. The average Bonchev–Trinajstić information content (AvgIpc) is 2.50. The number of aromatic amines is 1. The first-order valence-corrected chi connectivity index (χ1v) is 6.82. The molecule has 112 valence electrons. The van der Waals surface area contributed by atoms with Gasteiger partial charge in [-0.2, -0.15) is 0 Å². The van der Waals surface area contributed by atoms with E-state index >= 15 is 0 Å². The first kappa shape index (κ1) is 15.2. The number of methoxy groups -OCH3 is 1. The molecule has 0 bridgehead atoms. The van der Waals surface area contributed by atoms with E-state index < -0.39 is 0 Å². The number of hydrogen-bond donors (Lipinski definition) is 3. The van der Waals surface area contributed by atoms with E-state index in [1.54, 1.807) is 25.3 Å². The standard InChI is InChI=1S/C15H19N3O3/c1-21-9-8-16-6-7-17-15(20)13-10-11-4-2-3-5-12(11)14(19)18-13/h2-5,10,16H,6-9H2,1H3,(H,17,20)(H,18,19). The lowest BCUT2D eigenvalue weighted by Crippen LogP contribution is -2.34. The first-order valence-electron chi connectivity index (χ1n) is 6.82. The lowest BCUT2D eigenvalue weighted by Gasteiger charge is -2.07. The van der Waals surface area contributed by atoms with Crippen LogP contribution in [0.1, 0.15) is 10.5 Å². The molecule has 0 radical (unpaired) electrons. The summed E-state index contributed by atoms with van der Waals surface area (Å²) in [6.45, 7) is 2.50. The number of fused-ring (bicyclic) bond motifs is 1. The van der Waals surface area contributed by atoms with E-state index in [0.717, 1.165) is 11.9 Å². The van der Waals surface area contributed by atoms with Crippen molar-refractivity contribution in [3.63, 3.8) is 0 Å². The molecule has 6 nitrogen and oxygen atoms in total. The van der Waals surface area contributed by atoms with Crippen molar-refractivity contribution in [3.8, 4) is 0 Å². The van der Waals surface area contributed by atoms with Crippen LogP contribution in [0.25, 0.3) is 10.8 Å². The van der Waals surface area contributed by atoms with Crippen LogP contribution < -0.4 is 16.2 Å². The van der Waals surface area contributed by atoms with Crippen molar-refractivity contribution in [2.75, 3.05) is 33.4 Å².